The van der Waals surface area contributed by atoms with E-state index in [0.29, 0.717) is 6.04 Å². The lowest BCUT2D eigenvalue weighted by Crippen LogP contribution is -2.27. The minimum Gasteiger partial charge on any atom is -0.367 e. The smallest absolute Gasteiger partial charge is 0.126 e. The van der Waals surface area contributed by atoms with Crippen molar-refractivity contribution in [3.8, 4) is 0 Å². The Kier molecular flexibility index (Phi) is 2.68. The molecule has 1 aliphatic carbocycles. The summed E-state index contributed by atoms with van der Waals surface area (Å²) < 4.78 is 0. The second kappa shape index (κ2) is 3.84. The normalized spacial score (nSPS) is 17.3. The molecule has 0 saturated heterocycles. The van der Waals surface area contributed by atoms with Crippen LogP contribution in [0.4, 0.5) is 5.82 Å². The van der Waals surface area contributed by atoms with Gasteiger partial charge in [0.25, 0.3) is 0 Å². The van der Waals surface area contributed by atoms with Gasteiger partial charge in [0.05, 0.1) is 0 Å². The van der Waals surface area contributed by atoms with Crippen molar-refractivity contribution < 1.29 is 0 Å². The molecule has 1 aromatic rings. The maximum Gasteiger partial charge on any atom is 0.126 e. The third kappa shape index (κ3) is 2.49. The minimum absolute atomic E-state index is 0.196. The molecule has 1 heterocycles. The molecule has 0 radical (unpaired) electrons. The van der Waals surface area contributed by atoms with Crippen LogP contribution in [0.25, 0.3) is 0 Å². The van der Waals surface area contributed by atoms with Crippen molar-refractivity contribution in [2.24, 2.45) is 0 Å². The van der Waals surface area contributed by atoms with Crippen LogP contribution in [-0.4, -0.2) is 11.0 Å². The van der Waals surface area contributed by atoms with E-state index in [2.05, 4.69) is 43.2 Å². The van der Waals surface area contributed by atoms with E-state index in [1.807, 2.05) is 6.20 Å². The summed E-state index contributed by atoms with van der Waals surface area (Å²) in [4.78, 5) is 4.46. The van der Waals surface area contributed by atoms with Crippen LogP contribution in [0.15, 0.2) is 18.3 Å². The van der Waals surface area contributed by atoms with E-state index in [-0.39, 0.29) is 5.41 Å². The fourth-order valence-electron chi connectivity index (χ4n) is 1.68. The number of hydrogen-bond donors (Lipinski definition) is 1. The Morgan fingerprint density at radius 3 is 2.40 bits per heavy atom. The number of pyridine rings is 1. The summed E-state index contributed by atoms with van der Waals surface area (Å²) in [6.07, 6.45) is 5.93. The van der Waals surface area contributed by atoms with Crippen molar-refractivity contribution in [3.05, 3.63) is 23.9 Å². The molecule has 15 heavy (non-hydrogen) atoms. The molecule has 0 aliphatic heterocycles. The lowest BCUT2D eigenvalue weighted by atomic mass is 9.88. The summed E-state index contributed by atoms with van der Waals surface area (Å²) in [5.41, 5.74) is 1.49. The molecule has 0 amide bonds. The number of nitrogens with zero attached hydrogens (tertiary/aromatic N) is 1. The Bertz CT molecular complexity index is 317. The molecule has 0 unspecified atom stereocenters. The van der Waals surface area contributed by atoms with Gasteiger partial charge in [-0.15, -0.1) is 0 Å². The fraction of sp³-hybridized carbons (Fsp3) is 0.615. The largest absolute Gasteiger partial charge is 0.367 e. The topological polar surface area (TPSA) is 24.9 Å². The van der Waals surface area contributed by atoms with Gasteiger partial charge in [0, 0.05) is 12.2 Å². The van der Waals surface area contributed by atoms with Crippen molar-refractivity contribution in [3.63, 3.8) is 0 Å². The Morgan fingerprint density at radius 2 is 2.00 bits per heavy atom. The van der Waals surface area contributed by atoms with Crippen LogP contribution >= 0.6 is 0 Å². The van der Waals surface area contributed by atoms with Crippen molar-refractivity contribution in [1.29, 1.82) is 0 Å². The van der Waals surface area contributed by atoms with Gasteiger partial charge >= 0.3 is 0 Å². The maximum absolute atomic E-state index is 4.46. The molecule has 0 spiro atoms. The van der Waals surface area contributed by atoms with E-state index < -0.39 is 0 Å². The van der Waals surface area contributed by atoms with Crippen LogP contribution in [0.2, 0.25) is 0 Å². The minimum atomic E-state index is 0.196. The number of aromatic nitrogens is 1. The molecule has 0 atom stereocenters. The average molecular weight is 204 g/mol. The predicted octanol–water partition coefficient (Wildman–Crippen LogP) is 3.34. The average Bonchev–Trinajstić information content (AvgIpc) is 2.11. The molecule has 1 saturated carbocycles. The molecule has 82 valence electrons. The standard InChI is InChI=1S/C13H20N2/c1-13(2,3)10-7-8-12(14-9-10)15-11-5-4-6-11/h7-9,11H,4-6H2,1-3H3,(H,14,15). The Balaban J connectivity index is 2.03. The van der Waals surface area contributed by atoms with Gasteiger partial charge in [0.2, 0.25) is 0 Å². The van der Waals surface area contributed by atoms with Crippen LogP contribution in [0.3, 0.4) is 0 Å². The summed E-state index contributed by atoms with van der Waals surface area (Å²) >= 11 is 0. The SMILES string of the molecule is CC(C)(C)c1ccc(NC2CCC2)nc1. The highest BCUT2D eigenvalue weighted by molar-refractivity contribution is 5.38. The van der Waals surface area contributed by atoms with Gasteiger partial charge in [-0.3, -0.25) is 0 Å². The van der Waals surface area contributed by atoms with Crippen LogP contribution in [0.1, 0.15) is 45.6 Å². The molecule has 1 aliphatic rings. The van der Waals surface area contributed by atoms with Crippen LogP contribution < -0.4 is 5.32 Å². The van der Waals surface area contributed by atoms with E-state index in [1.54, 1.807) is 0 Å². The molecule has 2 rings (SSSR count). The maximum atomic E-state index is 4.46. The molecule has 1 aromatic heterocycles. The fourth-order valence-corrected chi connectivity index (χ4v) is 1.68. The zero-order chi connectivity index (χ0) is 10.9. The number of anilines is 1. The predicted molar refractivity (Wildman–Crippen MR) is 64.2 cm³/mol. The molecule has 0 bridgehead atoms. The van der Waals surface area contributed by atoms with Gasteiger partial charge in [0.15, 0.2) is 0 Å². The van der Waals surface area contributed by atoms with Crippen LogP contribution in [0, 0.1) is 0 Å². The van der Waals surface area contributed by atoms with Crippen molar-refractivity contribution in [2.75, 3.05) is 5.32 Å². The quantitative estimate of drug-likeness (QED) is 0.799. The summed E-state index contributed by atoms with van der Waals surface area (Å²) in [6, 6.07) is 4.94. The highest BCUT2D eigenvalue weighted by Gasteiger charge is 2.18. The van der Waals surface area contributed by atoms with Gasteiger partial charge in [-0.1, -0.05) is 26.8 Å². The Hall–Kier alpha value is -1.05. The lowest BCUT2D eigenvalue weighted by molar-refractivity contribution is 0.444. The van der Waals surface area contributed by atoms with E-state index in [1.165, 1.54) is 24.8 Å². The van der Waals surface area contributed by atoms with Crippen molar-refractivity contribution in [2.45, 2.75) is 51.5 Å². The van der Waals surface area contributed by atoms with Gasteiger partial charge in [-0.05, 0) is 36.3 Å². The van der Waals surface area contributed by atoms with Gasteiger partial charge in [0.1, 0.15) is 5.82 Å². The number of nitrogens with one attached hydrogen (secondary N) is 1. The second-order valence-corrected chi connectivity index (χ2v) is 5.45. The summed E-state index contributed by atoms with van der Waals surface area (Å²) in [7, 11) is 0. The second-order valence-electron chi connectivity index (χ2n) is 5.45. The monoisotopic (exact) mass is 204 g/mol. The first-order valence-corrected chi connectivity index (χ1v) is 5.79. The van der Waals surface area contributed by atoms with Crippen molar-refractivity contribution >= 4 is 5.82 Å². The Morgan fingerprint density at radius 1 is 1.27 bits per heavy atom. The molecule has 1 N–H and O–H groups in total. The summed E-state index contributed by atoms with van der Waals surface area (Å²) in [6.45, 7) is 6.63. The van der Waals surface area contributed by atoms with Gasteiger partial charge < -0.3 is 5.32 Å². The highest BCUT2D eigenvalue weighted by Crippen LogP contribution is 2.24. The van der Waals surface area contributed by atoms with Gasteiger partial charge in [-0.25, -0.2) is 4.98 Å². The first kappa shape index (κ1) is 10.5. The number of hydrogen-bond acceptors (Lipinski definition) is 2. The van der Waals surface area contributed by atoms with E-state index >= 15 is 0 Å². The molecular weight excluding hydrogens is 184 g/mol. The van der Waals surface area contributed by atoms with Crippen LogP contribution in [0.5, 0.6) is 0 Å². The molecule has 2 nitrogen and oxygen atoms in total. The highest BCUT2D eigenvalue weighted by atomic mass is 15.0. The van der Waals surface area contributed by atoms with E-state index in [0.717, 1.165) is 5.82 Å². The Labute approximate surface area is 92.1 Å². The zero-order valence-corrected chi connectivity index (χ0v) is 9.88. The van der Waals surface area contributed by atoms with Crippen molar-refractivity contribution in [1.82, 2.24) is 4.98 Å². The molecule has 0 aromatic carbocycles. The lowest BCUT2D eigenvalue weighted by Gasteiger charge is -2.27. The van der Waals surface area contributed by atoms with E-state index in [9.17, 15) is 0 Å². The third-order valence-corrected chi connectivity index (χ3v) is 3.09. The first-order valence-electron chi connectivity index (χ1n) is 5.79. The summed E-state index contributed by atoms with van der Waals surface area (Å²) in [5, 5.41) is 3.45. The summed E-state index contributed by atoms with van der Waals surface area (Å²) in [5.74, 6) is 1.02. The zero-order valence-electron chi connectivity index (χ0n) is 9.88. The van der Waals surface area contributed by atoms with E-state index in [4.69, 9.17) is 0 Å². The molecular formula is C13H20N2. The number of rotatable bonds is 2. The first-order chi connectivity index (χ1) is 7.05. The van der Waals surface area contributed by atoms with Gasteiger partial charge in [-0.2, -0.15) is 0 Å². The van der Waals surface area contributed by atoms with Crippen LogP contribution in [-0.2, 0) is 5.41 Å². The molecule has 1 fully saturated rings. The third-order valence-electron chi connectivity index (χ3n) is 3.09. The molecule has 2 heteroatoms.